The number of nitrogens with zero attached hydrogens (tertiary/aromatic N) is 2. The minimum atomic E-state index is -0.583. The van der Waals surface area contributed by atoms with Crippen LogP contribution in [0.3, 0.4) is 0 Å². The van der Waals surface area contributed by atoms with Crippen LogP contribution < -0.4 is 4.90 Å². The Labute approximate surface area is 267 Å². The maximum atomic E-state index is 14.0. The average molecular weight is 617 g/mol. The lowest BCUT2D eigenvalue weighted by Crippen LogP contribution is -2.43. The van der Waals surface area contributed by atoms with Crippen molar-refractivity contribution in [3.05, 3.63) is 88.9 Å². The van der Waals surface area contributed by atoms with Crippen LogP contribution in [-0.2, 0) is 36.5 Å². The van der Waals surface area contributed by atoms with E-state index >= 15 is 0 Å². The zero-order valence-electron chi connectivity index (χ0n) is 27.8. The number of hydrogen-bond acceptors (Lipinski definition) is 7. The van der Waals surface area contributed by atoms with Gasteiger partial charge in [0.2, 0.25) is 0 Å². The molecule has 1 aliphatic heterocycles. The normalized spacial score (nSPS) is 17.2. The molecule has 1 aromatic heterocycles. The van der Waals surface area contributed by atoms with E-state index in [1.54, 1.807) is 19.2 Å². The van der Waals surface area contributed by atoms with Gasteiger partial charge < -0.3 is 23.7 Å². The first-order chi connectivity index (χ1) is 21.3. The number of rotatable bonds is 11. The van der Waals surface area contributed by atoms with Crippen LogP contribution >= 0.6 is 0 Å². The Morgan fingerprint density at radius 1 is 1.11 bits per heavy atom. The van der Waals surface area contributed by atoms with E-state index in [0.717, 1.165) is 39.3 Å². The molecule has 0 aliphatic carbocycles. The smallest absolute Gasteiger partial charge is 0.460 e. The van der Waals surface area contributed by atoms with Crippen LogP contribution in [0.4, 0.5) is 10.2 Å². The largest absolute Gasteiger partial charge is 0.462 e. The van der Waals surface area contributed by atoms with Gasteiger partial charge in [0.15, 0.2) is 0 Å². The Morgan fingerprint density at radius 2 is 1.80 bits per heavy atom. The third-order valence-corrected chi connectivity index (χ3v) is 7.44. The Kier molecular flexibility index (Phi) is 11.6. The second-order valence-electron chi connectivity index (χ2n) is 13.0. The molecule has 0 saturated carbocycles. The molecule has 0 radical (unpaired) electrons. The van der Waals surface area contributed by atoms with Gasteiger partial charge in [-0.15, -0.1) is 0 Å². The third-order valence-electron chi connectivity index (χ3n) is 7.44. The fraction of sp³-hybridized carbons (Fsp3) is 0.444. The number of aromatic nitrogens is 1. The van der Waals surface area contributed by atoms with Gasteiger partial charge in [0.05, 0.1) is 30.9 Å². The van der Waals surface area contributed by atoms with E-state index in [1.165, 1.54) is 12.1 Å². The Balaban J connectivity index is 1.76. The number of hydrogen-bond donors (Lipinski definition) is 0. The van der Waals surface area contributed by atoms with E-state index in [9.17, 15) is 9.18 Å². The van der Waals surface area contributed by atoms with Crippen LogP contribution in [0, 0.1) is 5.82 Å². The second kappa shape index (κ2) is 15.2. The topological polar surface area (TPSA) is 70.1 Å². The van der Waals surface area contributed by atoms with Crippen molar-refractivity contribution in [3.8, 4) is 11.1 Å². The number of ether oxygens (including phenoxy) is 2. The van der Waals surface area contributed by atoms with Crippen LogP contribution in [0.5, 0.6) is 0 Å². The summed E-state index contributed by atoms with van der Waals surface area (Å²) in [5.74, 6) is 0.301. The lowest BCUT2D eigenvalue weighted by atomic mass is 9.77. The first-order valence-corrected chi connectivity index (χ1v) is 15.6. The molecular formula is C36H46BFN2O5. The predicted molar refractivity (Wildman–Crippen MR) is 179 cm³/mol. The highest BCUT2D eigenvalue weighted by atomic mass is 19.1. The molecule has 0 spiro atoms. The van der Waals surface area contributed by atoms with Crippen LogP contribution in [-0.4, -0.2) is 57.1 Å². The first-order valence-electron chi connectivity index (χ1n) is 15.6. The summed E-state index contributed by atoms with van der Waals surface area (Å²) >= 11 is 0. The Morgan fingerprint density at radius 3 is 2.40 bits per heavy atom. The van der Waals surface area contributed by atoms with Gasteiger partial charge in [0.1, 0.15) is 17.2 Å². The number of halogens is 1. The molecule has 45 heavy (non-hydrogen) atoms. The maximum absolute atomic E-state index is 14.0. The monoisotopic (exact) mass is 616 g/mol. The standard InChI is InChI=1S/C36H46BFN2O5/c1-24(2)34-30(33(26-14-16-27(38)17-15-26)31(23-42-8)35(39-34)40(6)7)19-18-28-20-29(21-32(41)43-36(3,4)5)45-37(44-28)22-25-12-10-9-11-13-25/h9-19,24,28-29H,20-23H2,1-8H3/b19-18+/t28-,29-/m1/s1. The molecule has 0 bridgehead atoms. The fourth-order valence-corrected chi connectivity index (χ4v) is 5.59. The Hall–Kier alpha value is -3.53. The van der Waals surface area contributed by atoms with Crippen molar-refractivity contribution in [2.75, 3.05) is 26.1 Å². The lowest BCUT2D eigenvalue weighted by molar-refractivity contribution is -0.157. The van der Waals surface area contributed by atoms with Gasteiger partial charge in [-0.05, 0) is 49.9 Å². The molecule has 9 heteroatoms. The molecule has 240 valence electrons. The molecule has 1 saturated heterocycles. The third kappa shape index (κ3) is 9.49. The number of pyridine rings is 1. The van der Waals surface area contributed by atoms with Gasteiger partial charge in [-0.25, -0.2) is 9.37 Å². The SMILES string of the molecule is COCc1c(N(C)C)nc(C(C)C)c(/C=C/[C@@H]2C[C@H](CC(=O)OC(C)(C)C)OB(Cc3ccccc3)O2)c1-c1ccc(F)cc1. The highest BCUT2D eigenvalue weighted by Crippen LogP contribution is 2.39. The quantitative estimate of drug-likeness (QED) is 0.164. The number of carbonyl (C=O) groups excluding carboxylic acids is 1. The van der Waals surface area contributed by atoms with Gasteiger partial charge in [0, 0.05) is 45.1 Å². The van der Waals surface area contributed by atoms with E-state index < -0.39 is 12.7 Å². The number of methoxy groups -OCH3 is 1. The van der Waals surface area contributed by atoms with E-state index in [0.29, 0.717) is 19.3 Å². The molecule has 2 heterocycles. The molecule has 7 nitrogen and oxygen atoms in total. The zero-order chi connectivity index (χ0) is 32.7. The molecular weight excluding hydrogens is 570 g/mol. The van der Waals surface area contributed by atoms with Crippen molar-refractivity contribution in [2.24, 2.45) is 0 Å². The van der Waals surface area contributed by atoms with Crippen molar-refractivity contribution < 1.29 is 28.0 Å². The van der Waals surface area contributed by atoms with E-state index in [-0.39, 0.29) is 36.3 Å². The maximum Gasteiger partial charge on any atom is 0.462 e. The molecule has 0 N–H and O–H groups in total. The van der Waals surface area contributed by atoms with Crippen LogP contribution in [0.25, 0.3) is 17.2 Å². The van der Waals surface area contributed by atoms with Gasteiger partial charge >= 0.3 is 13.1 Å². The van der Waals surface area contributed by atoms with Crippen molar-refractivity contribution in [3.63, 3.8) is 0 Å². The van der Waals surface area contributed by atoms with Crippen molar-refractivity contribution in [1.82, 2.24) is 4.98 Å². The molecule has 2 atom stereocenters. The van der Waals surface area contributed by atoms with Crippen molar-refractivity contribution in [2.45, 2.75) is 84.1 Å². The Bertz CT molecular complexity index is 1460. The zero-order valence-corrected chi connectivity index (χ0v) is 27.8. The number of benzene rings is 2. The summed E-state index contributed by atoms with van der Waals surface area (Å²) in [6, 6.07) is 16.6. The molecule has 0 amide bonds. The molecule has 4 rings (SSSR count). The van der Waals surface area contributed by atoms with Gasteiger partial charge in [-0.2, -0.15) is 0 Å². The summed E-state index contributed by atoms with van der Waals surface area (Å²) in [5.41, 5.74) is 5.05. The van der Waals surface area contributed by atoms with Gasteiger partial charge in [-0.3, -0.25) is 4.79 Å². The summed E-state index contributed by atoms with van der Waals surface area (Å²) in [6.07, 6.45) is 4.54. The van der Waals surface area contributed by atoms with E-state index in [2.05, 4.69) is 19.9 Å². The summed E-state index contributed by atoms with van der Waals surface area (Å²) in [4.78, 5) is 19.9. The lowest BCUT2D eigenvalue weighted by Gasteiger charge is -2.33. The molecule has 2 aromatic carbocycles. The van der Waals surface area contributed by atoms with E-state index in [4.69, 9.17) is 23.8 Å². The van der Waals surface area contributed by atoms with E-state index in [1.807, 2.05) is 76.2 Å². The highest BCUT2D eigenvalue weighted by molar-refractivity contribution is 6.44. The summed E-state index contributed by atoms with van der Waals surface area (Å²) in [6.45, 7) is 10.1. The molecule has 0 unspecified atom stereocenters. The summed E-state index contributed by atoms with van der Waals surface area (Å²) in [7, 11) is 5.04. The number of carbonyl (C=O) groups is 1. The average Bonchev–Trinajstić information content (AvgIpc) is 2.95. The van der Waals surface area contributed by atoms with Crippen molar-refractivity contribution >= 4 is 25.0 Å². The minimum Gasteiger partial charge on any atom is -0.460 e. The minimum absolute atomic E-state index is 0.0977. The predicted octanol–water partition coefficient (Wildman–Crippen LogP) is 7.41. The fourth-order valence-electron chi connectivity index (χ4n) is 5.59. The first kappa shape index (κ1) is 34.4. The van der Waals surface area contributed by atoms with Gasteiger partial charge in [-0.1, -0.05) is 74.0 Å². The second-order valence-corrected chi connectivity index (χ2v) is 13.0. The van der Waals surface area contributed by atoms with Crippen LogP contribution in [0.15, 0.2) is 60.7 Å². The van der Waals surface area contributed by atoms with Crippen LogP contribution in [0.1, 0.15) is 75.8 Å². The van der Waals surface area contributed by atoms with Crippen molar-refractivity contribution in [1.29, 1.82) is 0 Å². The summed E-state index contributed by atoms with van der Waals surface area (Å²) in [5, 5.41) is 0. The number of anilines is 1. The molecule has 1 aliphatic rings. The van der Waals surface area contributed by atoms with Gasteiger partial charge in [0.25, 0.3) is 0 Å². The van der Waals surface area contributed by atoms with Crippen LogP contribution in [0.2, 0.25) is 0 Å². The number of esters is 1. The highest BCUT2D eigenvalue weighted by Gasteiger charge is 2.35. The summed E-state index contributed by atoms with van der Waals surface area (Å²) < 4.78 is 38.1. The molecule has 1 fully saturated rings. The molecule has 3 aromatic rings.